The molecule has 0 spiro atoms. The van der Waals surface area contributed by atoms with Crippen molar-refractivity contribution in [3.05, 3.63) is 12.2 Å². The number of carbonyl (C=O) groups is 3. The maximum Gasteiger partial charge on any atom is 0.307 e. The molecule has 3 aliphatic carbocycles. The molecule has 0 aromatic rings. The summed E-state index contributed by atoms with van der Waals surface area (Å²) in [6, 6.07) is 0. The minimum absolute atomic E-state index is 0.0975. The second kappa shape index (κ2) is 4.86. The van der Waals surface area contributed by atoms with Gasteiger partial charge in [-0.25, -0.2) is 0 Å². The number of nitrogens with one attached hydrogen (secondary N) is 2. The third kappa shape index (κ3) is 2.20. The number of hydrogen-bond donors (Lipinski definition) is 3. The van der Waals surface area contributed by atoms with Crippen LogP contribution in [-0.2, 0) is 14.4 Å². The maximum atomic E-state index is 12.3. The van der Waals surface area contributed by atoms with Crippen molar-refractivity contribution in [2.45, 2.75) is 24.1 Å². The van der Waals surface area contributed by atoms with Crippen LogP contribution in [0.5, 0.6) is 0 Å². The predicted molar refractivity (Wildman–Crippen MR) is 78.8 cm³/mol. The van der Waals surface area contributed by atoms with Crippen LogP contribution in [0, 0.1) is 29.1 Å². The number of aliphatic carboxylic acids is 1. The van der Waals surface area contributed by atoms with Gasteiger partial charge in [0, 0.05) is 0 Å². The molecule has 5 atom stereocenters. The van der Waals surface area contributed by atoms with Crippen LogP contribution in [-0.4, -0.2) is 27.2 Å². The number of allylic oxidation sites excluding steroid dienone is 2. The SMILES string of the molecule is C[C@]1(C(=O)NNC(=O)[C@H]2[C@H](C(=O)O)[C@H]3C=C[C@H]2C3)CC1(Cl)Cl. The van der Waals surface area contributed by atoms with E-state index in [0.717, 1.165) is 0 Å². The highest BCUT2D eigenvalue weighted by Gasteiger charge is 2.68. The van der Waals surface area contributed by atoms with Crippen molar-refractivity contribution in [1.82, 2.24) is 10.9 Å². The Morgan fingerprint density at radius 2 is 1.68 bits per heavy atom. The minimum atomic E-state index is -1.12. The number of halogens is 2. The van der Waals surface area contributed by atoms with E-state index in [1.807, 2.05) is 12.2 Å². The molecule has 8 heteroatoms. The molecule has 2 fully saturated rings. The standard InChI is InChI=1S/C14H16Cl2N2O4/c1-13(5-14(13,15)16)12(22)18-17-10(19)8-6-2-3-7(4-6)9(8)11(20)21/h2-3,6-9H,4-5H2,1H3,(H,17,19)(H,18,22)(H,20,21)/t6-,7-,8+,9+,13+/m0/s1. The van der Waals surface area contributed by atoms with E-state index >= 15 is 0 Å². The van der Waals surface area contributed by atoms with Crippen LogP contribution in [0.15, 0.2) is 12.2 Å². The van der Waals surface area contributed by atoms with E-state index in [9.17, 15) is 19.5 Å². The highest BCUT2D eigenvalue weighted by Crippen LogP contribution is 2.63. The summed E-state index contributed by atoms with van der Waals surface area (Å²) in [5.74, 6) is -3.58. The fourth-order valence-electron chi connectivity index (χ4n) is 3.50. The molecule has 0 aromatic heterocycles. The van der Waals surface area contributed by atoms with Crippen molar-refractivity contribution in [1.29, 1.82) is 0 Å². The highest BCUT2D eigenvalue weighted by atomic mass is 35.5. The predicted octanol–water partition coefficient (Wildman–Crippen LogP) is 1.24. The number of amides is 2. The number of alkyl halides is 2. The summed E-state index contributed by atoms with van der Waals surface area (Å²) in [6.07, 6.45) is 4.69. The second-order valence-corrected chi connectivity index (χ2v) is 7.98. The van der Waals surface area contributed by atoms with Gasteiger partial charge in [-0.3, -0.25) is 25.2 Å². The Balaban J connectivity index is 1.62. The van der Waals surface area contributed by atoms with Gasteiger partial charge >= 0.3 is 5.97 Å². The number of carboxylic acids is 1. The normalized spacial score (nSPS) is 40.3. The number of rotatable bonds is 3. The van der Waals surface area contributed by atoms with Crippen LogP contribution in [0.2, 0.25) is 0 Å². The molecule has 0 heterocycles. The zero-order chi connectivity index (χ0) is 16.3. The van der Waals surface area contributed by atoms with E-state index < -0.39 is 39.4 Å². The van der Waals surface area contributed by atoms with E-state index in [1.165, 1.54) is 0 Å². The highest BCUT2D eigenvalue weighted by molar-refractivity contribution is 6.53. The molecule has 3 N–H and O–H groups in total. The maximum absolute atomic E-state index is 12.3. The molecule has 2 bridgehead atoms. The minimum Gasteiger partial charge on any atom is -0.481 e. The first-order valence-electron chi connectivity index (χ1n) is 7.06. The molecule has 22 heavy (non-hydrogen) atoms. The molecule has 6 nitrogen and oxygen atoms in total. The van der Waals surface area contributed by atoms with Crippen LogP contribution in [0.1, 0.15) is 19.8 Å². The zero-order valence-electron chi connectivity index (χ0n) is 11.8. The Morgan fingerprint density at radius 1 is 1.14 bits per heavy atom. The Hall–Kier alpha value is -1.27. The summed E-state index contributed by atoms with van der Waals surface area (Å²) in [5, 5.41) is 9.30. The van der Waals surface area contributed by atoms with Crippen molar-refractivity contribution in [2.75, 3.05) is 0 Å². The quantitative estimate of drug-likeness (QED) is 0.407. The van der Waals surface area contributed by atoms with Crippen molar-refractivity contribution in [3.8, 4) is 0 Å². The summed E-state index contributed by atoms with van der Waals surface area (Å²) in [4.78, 5) is 35.6. The fourth-order valence-corrected chi connectivity index (χ4v) is 4.21. The van der Waals surface area contributed by atoms with Crippen molar-refractivity contribution >= 4 is 41.0 Å². The number of hydrazine groups is 1. The van der Waals surface area contributed by atoms with Crippen molar-refractivity contribution < 1.29 is 19.5 Å². The molecule has 0 aromatic carbocycles. The molecular formula is C14H16Cl2N2O4. The van der Waals surface area contributed by atoms with Gasteiger partial charge in [-0.05, 0) is 31.6 Å². The van der Waals surface area contributed by atoms with Crippen LogP contribution in [0.4, 0.5) is 0 Å². The third-order valence-electron chi connectivity index (χ3n) is 5.11. The van der Waals surface area contributed by atoms with E-state index in [2.05, 4.69) is 10.9 Å². The van der Waals surface area contributed by atoms with Gasteiger partial charge in [0.1, 0.15) is 4.33 Å². The van der Waals surface area contributed by atoms with Crippen LogP contribution in [0.25, 0.3) is 0 Å². The third-order valence-corrected chi connectivity index (χ3v) is 6.21. The van der Waals surface area contributed by atoms with Gasteiger partial charge in [0.15, 0.2) is 0 Å². The summed E-state index contributed by atoms with van der Waals surface area (Å²) in [6.45, 7) is 1.61. The molecule has 3 aliphatic rings. The Labute approximate surface area is 137 Å². The Kier molecular flexibility index (Phi) is 3.45. The first-order chi connectivity index (χ1) is 10.2. The molecule has 0 radical (unpaired) electrons. The average molecular weight is 347 g/mol. The summed E-state index contributed by atoms with van der Waals surface area (Å²) in [7, 11) is 0. The van der Waals surface area contributed by atoms with E-state index in [1.54, 1.807) is 6.92 Å². The van der Waals surface area contributed by atoms with Gasteiger partial charge in [0.25, 0.3) is 0 Å². The van der Waals surface area contributed by atoms with Crippen LogP contribution in [0.3, 0.4) is 0 Å². The van der Waals surface area contributed by atoms with Gasteiger partial charge in [0.2, 0.25) is 11.8 Å². The lowest BCUT2D eigenvalue weighted by atomic mass is 9.82. The number of hydrogen-bond acceptors (Lipinski definition) is 3. The zero-order valence-corrected chi connectivity index (χ0v) is 13.3. The van der Waals surface area contributed by atoms with E-state index in [4.69, 9.17) is 23.2 Å². The van der Waals surface area contributed by atoms with Gasteiger partial charge in [-0.15, -0.1) is 23.2 Å². The molecule has 2 saturated carbocycles. The number of carboxylic acid groups (broad SMARTS) is 1. The lowest BCUT2D eigenvalue weighted by Crippen LogP contribution is -2.50. The van der Waals surface area contributed by atoms with Crippen LogP contribution < -0.4 is 10.9 Å². The lowest BCUT2D eigenvalue weighted by Gasteiger charge is -2.24. The molecule has 0 aliphatic heterocycles. The second-order valence-electron chi connectivity index (χ2n) is 6.49. The largest absolute Gasteiger partial charge is 0.481 e. The summed E-state index contributed by atoms with van der Waals surface area (Å²) in [5.41, 5.74) is 3.70. The first kappa shape index (κ1) is 15.6. The van der Waals surface area contributed by atoms with Crippen LogP contribution >= 0.6 is 23.2 Å². The number of fused-ring (bicyclic) bond motifs is 2. The summed E-state index contributed by atoms with van der Waals surface area (Å²) < 4.78 is -1.12. The Bertz CT molecular complexity index is 591. The molecule has 0 saturated heterocycles. The van der Waals surface area contributed by atoms with Crippen molar-refractivity contribution in [3.63, 3.8) is 0 Å². The lowest BCUT2D eigenvalue weighted by molar-refractivity contribution is -0.148. The molecule has 2 amide bonds. The van der Waals surface area contributed by atoms with Gasteiger partial charge in [-0.2, -0.15) is 0 Å². The average Bonchev–Trinajstić information content (AvgIpc) is 2.85. The number of carbonyl (C=O) groups excluding carboxylic acids is 2. The smallest absolute Gasteiger partial charge is 0.307 e. The van der Waals surface area contributed by atoms with Crippen molar-refractivity contribution in [2.24, 2.45) is 29.1 Å². The monoisotopic (exact) mass is 346 g/mol. The fraction of sp³-hybridized carbons (Fsp3) is 0.643. The molecule has 0 unspecified atom stereocenters. The Morgan fingerprint density at radius 3 is 2.18 bits per heavy atom. The topological polar surface area (TPSA) is 95.5 Å². The summed E-state index contributed by atoms with van der Waals surface area (Å²) >= 11 is 11.8. The van der Waals surface area contributed by atoms with Gasteiger partial charge in [0.05, 0.1) is 17.3 Å². The van der Waals surface area contributed by atoms with E-state index in [-0.39, 0.29) is 11.8 Å². The van der Waals surface area contributed by atoms with E-state index in [0.29, 0.717) is 12.8 Å². The molecule has 120 valence electrons. The van der Waals surface area contributed by atoms with Gasteiger partial charge < -0.3 is 5.11 Å². The first-order valence-corrected chi connectivity index (χ1v) is 7.82. The van der Waals surface area contributed by atoms with Gasteiger partial charge in [-0.1, -0.05) is 12.2 Å². The molecule has 3 rings (SSSR count). The molecular weight excluding hydrogens is 331 g/mol.